The quantitative estimate of drug-likeness (QED) is 0.155. The Morgan fingerprint density at radius 1 is 1.26 bits per heavy atom. The van der Waals surface area contributed by atoms with Crippen molar-refractivity contribution in [1.29, 1.82) is 0 Å². The van der Waals surface area contributed by atoms with Crippen LogP contribution >= 0.6 is 23.1 Å². The fourth-order valence-electron chi connectivity index (χ4n) is 2.13. The molecule has 1 aromatic carbocycles. The van der Waals surface area contributed by atoms with Crippen LogP contribution in [0, 0.1) is 6.92 Å². The lowest BCUT2D eigenvalue weighted by molar-refractivity contribution is -0.140. The van der Waals surface area contributed by atoms with Gasteiger partial charge in [0, 0.05) is 0 Å². The van der Waals surface area contributed by atoms with Crippen LogP contribution in [0.25, 0.3) is 0 Å². The number of hydrogen-bond donors (Lipinski definition) is 0. The summed E-state index contributed by atoms with van der Waals surface area (Å²) in [6.45, 7) is 8.06. The predicted octanol–water partition coefficient (Wildman–Crippen LogP) is 5.81. The van der Waals surface area contributed by atoms with Crippen molar-refractivity contribution < 1.29 is 9.53 Å². The third-order valence-electron chi connectivity index (χ3n) is 3.58. The molecule has 2 aromatic rings. The summed E-state index contributed by atoms with van der Waals surface area (Å²) in [6.07, 6.45) is 4.34. The van der Waals surface area contributed by atoms with E-state index in [1.807, 2.05) is 25.1 Å². The Balaban J connectivity index is 1.79. The van der Waals surface area contributed by atoms with Crippen molar-refractivity contribution >= 4 is 52.3 Å². The van der Waals surface area contributed by atoms with Gasteiger partial charge < -0.3 is 4.74 Å². The first-order valence-corrected chi connectivity index (χ1v) is 10.5. The van der Waals surface area contributed by atoms with Gasteiger partial charge in [-0.05, 0) is 43.8 Å². The van der Waals surface area contributed by atoms with Crippen LogP contribution in [0.4, 0.5) is 16.5 Å². The van der Waals surface area contributed by atoms with Crippen molar-refractivity contribution in [1.82, 2.24) is 10.2 Å². The molecule has 0 radical (unpaired) electrons. The van der Waals surface area contributed by atoms with E-state index in [4.69, 9.17) is 4.74 Å². The normalized spacial score (nSPS) is 11.0. The monoisotopic (exact) mass is 405 g/mol. The number of benzene rings is 1. The number of rotatable bonds is 11. The van der Waals surface area contributed by atoms with Crippen molar-refractivity contribution in [2.75, 3.05) is 12.4 Å². The van der Waals surface area contributed by atoms with Crippen LogP contribution in [0.2, 0.25) is 0 Å². The van der Waals surface area contributed by atoms with Crippen LogP contribution < -0.4 is 0 Å². The van der Waals surface area contributed by atoms with Gasteiger partial charge in [0.05, 0.1) is 23.7 Å². The van der Waals surface area contributed by atoms with E-state index in [0.717, 1.165) is 36.2 Å². The Labute approximate surface area is 167 Å². The fraction of sp³-hybridized carbons (Fsp3) is 0.444. The minimum Gasteiger partial charge on any atom is -0.465 e. The lowest BCUT2D eigenvalue weighted by Crippen LogP contribution is -2.08. The fourth-order valence-corrected chi connectivity index (χ4v) is 3.59. The van der Waals surface area contributed by atoms with Gasteiger partial charge in [-0.25, -0.2) is 0 Å². The van der Waals surface area contributed by atoms with Gasteiger partial charge in [-0.2, -0.15) is 0 Å². The highest BCUT2D eigenvalue weighted by Crippen LogP contribution is 2.30. The minimum absolute atomic E-state index is 0.217. The molecular formula is C18H23N5O2S2. The number of aromatic nitrogens is 2. The maximum absolute atomic E-state index is 11.7. The average Bonchev–Trinajstić information content (AvgIpc) is 3.13. The number of azo groups is 1. The molecule has 9 heteroatoms. The summed E-state index contributed by atoms with van der Waals surface area (Å²) in [5, 5.41) is 16.7. The third kappa shape index (κ3) is 7.56. The number of carbonyl (C=O) groups excluding carboxylic acids is 1. The first-order chi connectivity index (χ1) is 13.1. The smallest absolute Gasteiger partial charge is 0.316 e. The van der Waals surface area contributed by atoms with Gasteiger partial charge in [0.25, 0.3) is 5.13 Å². The number of aliphatic imine (C=N–C) groups is 1. The second kappa shape index (κ2) is 11.6. The van der Waals surface area contributed by atoms with Crippen LogP contribution in [0.5, 0.6) is 0 Å². The largest absolute Gasteiger partial charge is 0.465 e. The van der Waals surface area contributed by atoms with Crippen molar-refractivity contribution in [3.8, 4) is 0 Å². The summed E-state index contributed by atoms with van der Waals surface area (Å²) in [6, 6.07) is 5.54. The Morgan fingerprint density at radius 3 is 2.85 bits per heavy atom. The number of nitrogens with zero attached hydrogens (tertiary/aromatic N) is 5. The SMILES string of the molecule is C=Nc1ccc(N=Nc2nnc(SCC(=O)OCCCCCC)s2)c(C)c1. The Hall–Kier alpha value is -2.13. The molecule has 27 heavy (non-hydrogen) atoms. The topological polar surface area (TPSA) is 89.2 Å². The molecule has 0 N–H and O–H groups in total. The van der Waals surface area contributed by atoms with E-state index in [2.05, 4.69) is 39.1 Å². The molecule has 2 rings (SSSR count). The molecule has 0 saturated heterocycles. The van der Waals surface area contributed by atoms with E-state index in [1.165, 1.54) is 29.5 Å². The zero-order chi connectivity index (χ0) is 19.5. The minimum atomic E-state index is -0.235. The van der Waals surface area contributed by atoms with Gasteiger partial charge in [0.1, 0.15) is 0 Å². The summed E-state index contributed by atoms with van der Waals surface area (Å²) in [7, 11) is 0. The van der Waals surface area contributed by atoms with E-state index in [0.29, 0.717) is 16.1 Å². The third-order valence-corrected chi connectivity index (χ3v) is 5.49. The highest BCUT2D eigenvalue weighted by Gasteiger charge is 2.09. The standard InChI is InChI=1S/C18H23N5O2S2/c1-4-5-6-7-10-25-16(24)12-26-18-23-22-17(27-18)21-20-15-9-8-14(19-3)11-13(15)2/h8-9,11H,3-7,10,12H2,1-2H3. The predicted molar refractivity (Wildman–Crippen MR) is 110 cm³/mol. The van der Waals surface area contributed by atoms with Crippen molar-refractivity contribution in [2.45, 2.75) is 43.9 Å². The number of carbonyl (C=O) groups is 1. The molecule has 0 aliphatic carbocycles. The molecule has 0 atom stereocenters. The number of esters is 1. The summed E-state index contributed by atoms with van der Waals surface area (Å²) in [4.78, 5) is 15.6. The zero-order valence-electron chi connectivity index (χ0n) is 15.6. The second-order valence-electron chi connectivity index (χ2n) is 5.75. The molecule has 0 amide bonds. The molecule has 144 valence electrons. The molecule has 1 aromatic heterocycles. The average molecular weight is 406 g/mol. The molecule has 1 heterocycles. The number of hydrogen-bond acceptors (Lipinski definition) is 9. The molecule has 0 bridgehead atoms. The van der Waals surface area contributed by atoms with Gasteiger partial charge >= 0.3 is 5.97 Å². The molecular weight excluding hydrogens is 382 g/mol. The lowest BCUT2D eigenvalue weighted by Gasteiger charge is -2.03. The van der Waals surface area contributed by atoms with Gasteiger partial charge in [0.2, 0.25) is 0 Å². The van der Waals surface area contributed by atoms with Crippen molar-refractivity contribution in [3.05, 3.63) is 23.8 Å². The van der Waals surface area contributed by atoms with E-state index in [1.54, 1.807) is 0 Å². The maximum Gasteiger partial charge on any atom is 0.316 e. The molecule has 0 saturated carbocycles. The van der Waals surface area contributed by atoms with Gasteiger partial charge in [-0.1, -0.05) is 49.3 Å². The second-order valence-corrected chi connectivity index (χ2v) is 7.93. The van der Waals surface area contributed by atoms with Gasteiger partial charge in [-0.15, -0.1) is 20.4 Å². The van der Waals surface area contributed by atoms with E-state index < -0.39 is 0 Å². The van der Waals surface area contributed by atoms with Crippen LogP contribution in [-0.4, -0.2) is 35.2 Å². The maximum atomic E-state index is 11.7. The summed E-state index contributed by atoms with van der Waals surface area (Å²) in [5.41, 5.74) is 2.47. The molecule has 0 fully saturated rings. The number of thioether (sulfide) groups is 1. The number of aryl methyl sites for hydroxylation is 1. The van der Waals surface area contributed by atoms with Gasteiger partial charge in [-0.3, -0.25) is 9.79 Å². The van der Waals surface area contributed by atoms with Crippen LogP contribution in [0.1, 0.15) is 38.2 Å². The molecule has 0 spiro atoms. The number of ether oxygens (including phenoxy) is 1. The summed E-state index contributed by atoms with van der Waals surface area (Å²) < 4.78 is 5.86. The van der Waals surface area contributed by atoms with Crippen molar-refractivity contribution in [3.63, 3.8) is 0 Å². The van der Waals surface area contributed by atoms with E-state index in [-0.39, 0.29) is 11.7 Å². The lowest BCUT2D eigenvalue weighted by atomic mass is 10.2. The Morgan fingerprint density at radius 2 is 2.11 bits per heavy atom. The van der Waals surface area contributed by atoms with Gasteiger partial charge in [0.15, 0.2) is 4.34 Å². The Bertz CT molecular complexity index is 792. The first-order valence-electron chi connectivity index (χ1n) is 8.73. The summed E-state index contributed by atoms with van der Waals surface area (Å²) >= 11 is 2.58. The highest BCUT2D eigenvalue weighted by molar-refractivity contribution is 8.01. The molecule has 0 unspecified atom stereocenters. The first kappa shape index (κ1) is 21.2. The van der Waals surface area contributed by atoms with Crippen LogP contribution in [0.15, 0.2) is 37.8 Å². The number of unbranched alkanes of at least 4 members (excludes halogenated alkanes) is 3. The zero-order valence-corrected chi connectivity index (χ0v) is 17.2. The molecule has 0 aliphatic heterocycles. The molecule has 7 nitrogen and oxygen atoms in total. The Kier molecular flexibility index (Phi) is 9.06. The van der Waals surface area contributed by atoms with Crippen LogP contribution in [0.3, 0.4) is 0 Å². The van der Waals surface area contributed by atoms with E-state index >= 15 is 0 Å². The van der Waals surface area contributed by atoms with Crippen LogP contribution in [-0.2, 0) is 9.53 Å². The summed E-state index contributed by atoms with van der Waals surface area (Å²) in [5.74, 6) is -0.0179. The van der Waals surface area contributed by atoms with Crippen molar-refractivity contribution in [2.24, 2.45) is 15.2 Å². The van der Waals surface area contributed by atoms with E-state index in [9.17, 15) is 4.79 Å². The highest BCUT2D eigenvalue weighted by atomic mass is 32.2. The molecule has 0 aliphatic rings.